The lowest BCUT2D eigenvalue weighted by atomic mass is 9.72. The summed E-state index contributed by atoms with van der Waals surface area (Å²) < 4.78 is 2.21. The quantitative estimate of drug-likeness (QED) is 0.576. The van der Waals surface area contributed by atoms with Gasteiger partial charge in [0.15, 0.2) is 0 Å². The molecule has 1 aliphatic carbocycles. The average molecular weight is 390 g/mol. The standard InChI is InChI=1S/C15H22Br2N2/c1-9-5-10(2)7-11(6-9)15(19-18)13-4-3-12(16)8-14(13)17/h3-4,8-11,15,19H,5-7,18H2,1-2H3. The van der Waals surface area contributed by atoms with E-state index in [-0.39, 0.29) is 6.04 Å². The number of rotatable bonds is 3. The Kier molecular flexibility index (Phi) is 5.46. The monoisotopic (exact) mass is 388 g/mol. The number of nitrogens with two attached hydrogens (primary N) is 1. The first-order valence-electron chi connectivity index (χ1n) is 6.92. The first-order valence-corrected chi connectivity index (χ1v) is 8.51. The van der Waals surface area contributed by atoms with Crippen molar-refractivity contribution in [1.29, 1.82) is 0 Å². The van der Waals surface area contributed by atoms with Gasteiger partial charge in [0.05, 0.1) is 0 Å². The fraction of sp³-hybridized carbons (Fsp3) is 0.600. The highest BCUT2D eigenvalue weighted by Gasteiger charge is 2.31. The van der Waals surface area contributed by atoms with Crippen molar-refractivity contribution < 1.29 is 0 Å². The number of hydrogen-bond acceptors (Lipinski definition) is 2. The molecule has 0 heterocycles. The van der Waals surface area contributed by atoms with Gasteiger partial charge in [-0.2, -0.15) is 0 Å². The lowest BCUT2D eigenvalue weighted by Crippen LogP contribution is -2.37. The largest absolute Gasteiger partial charge is 0.271 e. The van der Waals surface area contributed by atoms with Crippen LogP contribution in [0.15, 0.2) is 27.1 Å². The minimum absolute atomic E-state index is 0.229. The molecule has 3 N–H and O–H groups in total. The van der Waals surface area contributed by atoms with Gasteiger partial charge in [-0.25, -0.2) is 0 Å². The SMILES string of the molecule is CC1CC(C)CC(C(NN)c2ccc(Br)cc2Br)C1. The average Bonchev–Trinajstić information content (AvgIpc) is 2.31. The smallest absolute Gasteiger partial charge is 0.0499 e. The highest BCUT2D eigenvalue weighted by atomic mass is 79.9. The molecule has 0 aliphatic heterocycles. The number of benzene rings is 1. The van der Waals surface area contributed by atoms with Crippen LogP contribution in [0.25, 0.3) is 0 Å². The lowest BCUT2D eigenvalue weighted by Gasteiger charge is -2.36. The Balaban J connectivity index is 2.23. The molecule has 0 saturated heterocycles. The molecular formula is C15H22Br2N2. The lowest BCUT2D eigenvalue weighted by molar-refractivity contribution is 0.176. The van der Waals surface area contributed by atoms with Gasteiger partial charge in [-0.05, 0) is 54.7 Å². The van der Waals surface area contributed by atoms with Crippen LogP contribution in [-0.4, -0.2) is 0 Å². The van der Waals surface area contributed by atoms with Crippen LogP contribution in [0.5, 0.6) is 0 Å². The molecule has 1 aliphatic rings. The van der Waals surface area contributed by atoms with E-state index in [4.69, 9.17) is 5.84 Å². The third-order valence-electron chi connectivity index (χ3n) is 4.16. The van der Waals surface area contributed by atoms with Gasteiger partial charge in [-0.3, -0.25) is 11.3 Å². The summed E-state index contributed by atoms with van der Waals surface area (Å²) in [5.41, 5.74) is 4.31. The van der Waals surface area contributed by atoms with Crippen LogP contribution in [0.2, 0.25) is 0 Å². The third-order valence-corrected chi connectivity index (χ3v) is 5.34. The molecule has 2 rings (SSSR count). The van der Waals surface area contributed by atoms with Crippen LogP contribution in [0.1, 0.15) is 44.7 Å². The third kappa shape index (κ3) is 3.81. The molecule has 3 atom stereocenters. The number of hydrazine groups is 1. The van der Waals surface area contributed by atoms with E-state index in [2.05, 4.69) is 69.3 Å². The zero-order valence-corrected chi connectivity index (χ0v) is 14.7. The molecule has 2 nitrogen and oxygen atoms in total. The first-order chi connectivity index (χ1) is 9.01. The summed E-state index contributed by atoms with van der Waals surface area (Å²) in [6.07, 6.45) is 3.85. The fourth-order valence-electron chi connectivity index (χ4n) is 3.51. The van der Waals surface area contributed by atoms with Crippen LogP contribution in [0.4, 0.5) is 0 Å². The summed E-state index contributed by atoms with van der Waals surface area (Å²) in [6, 6.07) is 6.56. The Hall–Kier alpha value is 0.1000. The van der Waals surface area contributed by atoms with Gasteiger partial charge in [0.25, 0.3) is 0 Å². The molecule has 106 valence electrons. The van der Waals surface area contributed by atoms with Crippen LogP contribution in [0, 0.1) is 17.8 Å². The fourth-order valence-corrected chi connectivity index (χ4v) is 4.81. The maximum absolute atomic E-state index is 5.85. The van der Waals surface area contributed by atoms with Crippen molar-refractivity contribution in [2.24, 2.45) is 23.6 Å². The molecule has 19 heavy (non-hydrogen) atoms. The molecule has 1 aromatic rings. The summed E-state index contributed by atoms with van der Waals surface area (Å²) in [5.74, 6) is 8.04. The highest BCUT2D eigenvalue weighted by Crippen LogP contribution is 2.41. The minimum Gasteiger partial charge on any atom is -0.271 e. The highest BCUT2D eigenvalue weighted by molar-refractivity contribution is 9.11. The van der Waals surface area contributed by atoms with Crippen molar-refractivity contribution in [2.45, 2.75) is 39.2 Å². The van der Waals surface area contributed by atoms with Crippen molar-refractivity contribution in [3.05, 3.63) is 32.7 Å². The Bertz CT molecular complexity index is 426. The normalized spacial score (nSPS) is 29.2. The molecule has 0 aromatic heterocycles. The Morgan fingerprint density at radius 1 is 1.16 bits per heavy atom. The van der Waals surface area contributed by atoms with Gasteiger partial charge in [0.2, 0.25) is 0 Å². The van der Waals surface area contributed by atoms with E-state index in [0.717, 1.165) is 20.8 Å². The van der Waals surface area contributed by atoms with Crippen LogP contribution in [0.3, 0.4) is 0 Å². The van der Waals surface area contributed by atoms with E-state index < -0.39 is 0 Å². The Morgan fingerprint density at radius 3 is 2.32 bits per heavy atom. The number of nitrogens with one attached hydrogen (secondary N) is 1. The first kappa shape index (κ1) is 15.5. The van der Waals surface area contributed by atoms with Crippen LogP contribution in [-0.2, 0) is 0 Å². The zero-order valence-electron chi connectivity index (χ0n) is 11.5. The van der Waals surface area contributed by atoms with Crippen molar-refractivity contribution in [1.82, 2.24) is 5.43 Å². The molecule has 0 radical (unpaired) electrons. The van der Waals surface area contributed by atoms with E-state index in [9.17, 15) is 0 Å². The second-order valence-corrected chi connectivity index (χ2v) is 7.76. The van der Waals surface area contributed by atoms with Crippen molar-refractivity contribution in [2.75, 3.05) is 0 Å². The molecule has 3 unspecified atom stereocenters. The van der Waals surface area contributed by atoms with Gasteiger partial charge < -0.3 is 0 Å². The second kappa shape index (κ2) is 6.70. The van der Waals surface area contributed by atoms with Gasteiger partial charge in [0.1, 0.15) is 0 Å². The van der Waals surface area contributed by atoms with Crippen LogP contribution < -0.4 is 11.3 Å². The van der Waals surface area contributed by atoms with E-state index in [0.29, 0.717) is 5.92 Å². The van der Waals surface area contributed by atoms with E-state index in [1.807, 2.05) is 0 Å². The van der Waals surface area contributed by atoms with Crippen molar-refractivity contribution in [3.63, 3.8) is 0 Å². The minimum atomic E-state index is 0.229. The van der Waals surface area contributed by atoms with Gasteiger partial charge in [-0.1, -0.05) is 51.8 Å². The Labute approximate surface area is 132 Å². The molecular weight excluding hydrogens is 368 g/mol. The number of hydrogen-bond donors (Lipinski definition) is 2. The predicted molar refractivity (Wildman–Crippen MR) is 87.6 cm³/mol. The molecule has 1 saturated carbocycles. The van der Waals surface area contributed by atoms with Gasteiger partial charge in [-0.15, -0.1) is 0 Å². The summed E-state index contributed by atoms with van der Waals surface area (Å²) in [6.45, 7) is 4.71. The summed E-state index contributed by atoms with van der Waals surface area (Å²) in [5, 5.41) is 0. The molecule has 1 aromatic carbocycles. The Morgan fingerprint density at radius 2 is 1.79 bits per heavy atom. The molecule has 4 heteroatoms. The zero-order chi connectivity index (χ0) is 14.0. The summed E-state index contributed by atoms with van der Waals surface area (Å²) in [4.78, 5) is 0. The van der Waals surface area contributed by atoms with Gasteiger partial charge in [0, 0.05) is 15.0 Å². The van der Waals surface area contributed by atoms with E-state index in [1.54, 1.807) is 0 Å². The maximum atomic E-state index is 5.85. The van der Waals surface area contributed by atoms with E-state index >= 15 is 0 Å². The predicted octanol–water partition coefficient (Wildman–Crippen LogP) is 4.79. The second-order valence-electron chi connectivity index (χ2n) is 5.99. The molecule has 0 bridgehead atoms. The van der Waals surface area contributed by atoms with Crippen molar-refractivity contribution in [3.8, 4) is 0 Å². The molecule has 0 amide bonds. The molecule has 0 spiro atoms. The summed E-state index contributed by atoms with van der Waals surface area (Å²) >= 11 is 7.16. The molecule has 1 fully saturated rings. The van der Waals surface area contributed by atoms with E-state index in [1.165, 1.54) is 24.8 Å². The number of halogens is 2. The van der Waals surface area contributed by atoms with Crippen LogP contribution >= 0.6 is 31.9 Å². The van der Waals surface area contributed by atoms with Gasteiger partial charge >= 0.3 is 0 Å². The van der Waals surface area contributed by atoms with Crippen molar-refractivity contribution >= 4 is 31.9 Å². The maximum Gasteiger partial charge on any atom is 0.0499 e. The summed E-state index contributed by atoms with van der Waals surface area (Å²) in [7, 11) is 0. The topological polar surface area (TPSA) is 38.0 Å².